The van der Waals surface area contributed by atoms with E-state index in [1.807, 2.05) is 0 Å². The quantitative estimate of drug-likeness (QED) is 0.920. The second kappa shape index (κ2) is 5.71. The van der Waals surface area contributed by atoms with Crippen molar-refractivity contribution in [1.82, 2.24) is 0 Å². The number of rotatable bonds is 4. The molecule has 2 aromatic rings. The van der Waals surface area contributed by atoms with E-state index in [2.05, 4.69) is 0 Å². The molecule has 0 aliphatic heterocycles. The van der Waals surface area contributed by atoms with Crippen LogP contribution in [0, 0.1) is 5.82 Å². The van der Waals surface area contributed by atoms with Crippen molar-refractivity contribution in [3.8, 4) is 11.5 Å². The molecule has 2 rings (SSSR count). The zero-order valence-electron chi connectivity index (χ0n) is 10.9. The van der Waals surface area contributed by atoms with E-state index in [0.717, 1.165) is 0 Å². The third-order valence-electron chi connectivity index (χ3n) is 3.01. The van der Waals surface area contributed by atoms with Crippen LogP contribution in [0.2, 0.25) is 0 Å². The monoisotopic (exact) mass is 261 g/mol. The van der Waals surface area contributed by atoms with Gasteiger partial charge in [-0.15, -0.1) is 0 Å². The lowest BCUT2D eigenvalue weighted by Crippen LogP contribution is -2.14. The SMILES string of the molecule is COc1ccc(OC)c(C(N)c2ccccc2F)c1. The lowest BCUT2D eigenvalue weighted by molar-refractivity contribution is 0.396. The van der Waals surface area contributed by atoms with E-state index in [-0.39, 0.29) is 5.82 Å². The molecule has 19 heavy (non-hydrogen) atoms. The molecule has 3 nitrogen and oxygen atoms in total. The van der Waals surface area contributed by atoms with Gasteiger partial charge in [-0.1, -0.05) is 18.2 Å². The first-order valence-corrected chi connectivity index (χ1v) is 5.89. The van der Waals surface area contributed by atoms with Crippen LogP contribution in [0.1, 0.15) is 17.2 Å². The second-order valence-corrected chi connectivity index (χ2v) is 4.11. The molecular formula is C15H16FNO2. The highest BCUT2D eigenvalue weighted by Crippen LogP contribution is 2.32. The van der Waals surface area contributed by atoms with Gasteiger partial charge in [0.25, 0.3) is 0 Å². The Balaban J connectivity index is 2.48. The molecule has 0 heterocycles. The maximum absolute atomic E-state index is 13.8. The number of hydrogen-bond donors (Lipinski definition) is 1. The first kappa shape index (κ1) is 13.4. The molecule has 0 radical (unpaired) electrons. The molecule has 0 amide bonds. The van der Waals surface area contributed by atoms with Gasteiger partial charge in [0.2, 0.25) is 0 Å². The maximum Gasteiger partial charge on any atom is 0.128 e. The third kappa shape index (κ3) is 2.69. The first-order chi connectivity index (χ1) is 9.17. The van der Waals surface area contributed by atoms with Gasteiger partial charge in [0.15, 0.2) is 0 Å². The Morgan fingerprint density at radius 2 is 1.74 bits per heavy atom. The summed E-state index contributed by atoms with van der Waals surface area (Å²) in [5, 5.41) is 0. The van der Waals surface area contributed by atoms with Crippen molar-refractivity contribution in [2.45, 2.75) is 6.04 Å². The molecule has 0 aliphatic carbocycles. The summed E-state index contributed by atoms with van der Waals surface area (Å²) < 4.78 is 24.2. The summed E-state index contributed by atoms with van der Waals surface area (Å²) in [7, 11) is 3.12. The van der Waals surface area contributed by atoms with Crippen LogP contribution in [0.4, 0.5) is 4.39 Å². The van der Waals surface area contributed by atoms with Crippen molar-refractivity contribution in [2.75, 3.05) is 14.2 Å². The summed E-state index contributed by atoms with van der Waals surface area (Å²) in [5.41, 5.74) is 7.25. The van der Waals surface area contributed by atoms with E-state index in [1.165, 1.54) is 6.07 Å². The zero-order chi connectivity index (χ0) is 13.8. The van der Waals surface area contributed by atoms with Crippen molar-refractivity contribution in [2.24, 2.45) is 5.73 Å². The summed E-state index contributed by atoms with van der Waals surface area (Å²) >= 11 is 0. The molecule has 0 aromatic heterocycles. The molecule has 0 saturated heterocycles. The van der Waals surface area contributed by atoms with Crippen LogP contribution in [0.3, 0.4) is 0 Å². The molecule has 0 bridgehead atoms. The summed E-state index contributed by atoms with van der Waals surface area (Å²) in [4.78, 5) is 0. The van der Waals surface area contributed by atoms with Crippen LogP contribution in [0.25, 0.3) is 0 Å². The minimum absolute atomic E-state index is 0.333. The van der Waals surface area contributed by atoms with Crippen molar-refractivity contribution in [3.05, 3.63) is 59.4 Å². The van der Waals surface area contributed by atoms with Gasteiger partial charge in [-0.05, 0) is 24.3 Å². The summed E-state index contributed by atoms with van der Waals surface area (Å²) in [6.45, 7) is 0. The largest absolute Gasteiger partial charge is 0.497 e. The summed E-state index contributed by atoms with van der Waals surface area (Å²) in [5.74, 6) is 0.930. The van der Waals surface area contributed by atoms with Crippen LogP contribution in [0.5, 0.6) is 11.5 Å². The van der Waals surface area contributed by atoms with Gasteiger partial charge in [0, 0.05) is 11.1 Å². The smallest absolute Gasteiger partial charge is 0.128 e. The lowest BCUT2D eigenvalue weighted by Gasteiger charge is -2.17. The van der Waals surface area contributed by atoms with Gasteiger partial charge >= 0.3 is 0 Å². The average molecular weight is 261 g/mol. The van der Waals surface area contributed by atoms with E-state index < -0.39 is 6.04 Å². The fourth-order valence-corrected chi connectivity index (χ4v) is 1.98. The van der Waals surface area contributed by atoms with Gasteiger partial charge in [-0.3, -0.25) is 0 Å². The standard InChI is InChI=1S/C15H16FNO2/c1-18-10-7-8-14(19-2)12(9-10)15(17)11-5-3-4-6-13(11)16/h3-9,15H,17H2,1-2H3. The van der Waals surface area contributed by atoms with Gasteiger partial charge < -0.3 is 15.2 Å². The van der Waals surface area contributed by atoms with Gasteiger partial charge in [0.1, 0.15) is 17.3 Å². The minimum Gasteiger partial charge on any atom is -0.497 e. The van der Waals surface area contributed by atoms with Crippen molar-refractivity contribution in [3.63, 3.8) is 0 Å². The van der Waals surface area contributed by atoms with Gasteiger partial charge in [-0.2, -0.15) is 0 Å². The van der Waals surface area contributed by atoms with E-state index in [4.69, 9.17) is 15.2 Å². The Kier molecular flexibility index (Phi) is 4.02. The molecule has 0 aliphatic rings. The third-order valence-corrected chi connectivity index (χ3v) is 3.01. The Bertz CT molecular complexity index is 572. The number of halogens is 1. The number of hydrogen-bond acceptors (Lipinski definition) is 3. The molecule has 0 saturated carbocycles. The maximum atomic E-state index is 13.8. The number of methoxy groups -OCH3 is 2. The molecule has 0 spiro atoms. The normalized spacial score (nSPS) is 12.0. The van der Waals surface area contributed by atoms with Crippen molar-refractivity contribution >= 4 is 0 Å². The van der Waals surface area contributed by atoms with Crippen molar-refractivity contribution < 1.29 is 13.9 Å². The predicted molar refractivity (Wildman–Crippen MR) is 72.0 cm³/mol. The van der Waals surface area contributed by atoms with Crippen LogP contribution in [-0.4, -0.2) is 14.2 Å². The molecule has 2 N–H and O–H groups in total. The molecular weight excluding hydrogens is 245 g/mol. The Hall–Kier alpha value is -2.07. The summed E-state index contributed by atoms with van der Waals surface area (Å²) in [6, 6.07) is 11.1. The number of benzene rings is 2. The topological polar surface area (TPSA) is 44.5 Å². The van der Waals surface area contributed by atoms with E-state index in [1.54, 1.807) is 50.6 Å². The van der Waals surface area contributed by atoms with E-state index >= 15 is 0 Å². The first-order valence-electron chi connectivity index (χ1n) is 5.89. The number of nitrogens with two attached hydrogens (primary N) is 1. The van der Waals surface area contributed by atoms with Gasteiger partial charge in [-0.25, -0.2) is 4.39 Å². The van der Waals surface area contributed by atoms with E-state index in [9.17, 15) is 4.39 Å². The minimum atomic E-state index is -0.605. The Morgan fingerprint density at radius 1 is 1.00 bits per heavy atom. The fraction of sp³-hybridized carbons (Fsp3) is 0.200. The summed E-state index contributed by atoms with van der Waals surface area (Å²) in [6.07, 6.45) is 0. The Morgan fingerprint density at radius 3 is 2.37 bits per heavy atom. The predicted octanol–water partition coefficient (Wildman–Crippen LogP) is 2.89. The Labute approximate surface area is 111 Å². The zero-order valence-corrected chi connectivity index (χ0v) is 10.9. The highest BCUT2D eigenvalue weighted by Gasteiger charge is 2.17. The van der Waals surface area contributed by atoms with Crippen LogP contribution in [0.15, 0.2) is 42.5 Å². The van der Waals surface area contributed by atoms with Crippen LogP contribution in [-0.2, 0) is 0 Å². The lowest BCUT2D eigenvalue weighted by atomic mass is 9.98. The molecule has 2 aromatic carbocycles. The highest BCUT2D eigenvalue weighted by atomic mass is 19.1. The second-order valence-electron chi connectivity index (χ2n) is 4.11. The molecule has 100 valence electrons. The van der Waals surface area contributed by atoms with E-state index in [0.29, 0.717) is 22.6 Å². The average Bonchev–Trinajstić information content (AvgIpc) is 2.46. The number of ether oxygens (including phenoxy) is 2. The van der Waals surface area contributed by atoms with Crippen LogP contribution >= 0.6 is 0 Å². The molecule has 0 fully saturated rings. The molecule has 1 unspecified atom stereocenters. The fourth-order valence-electron chi connectivity index (χ4n) is 1.98. The van der Waals surface area contributed by atoms with Gasteiger partial charge in [0.05, 0.1) is 20.3 Å². The van der Waals surface area contributed by atoms with Crippen molar-refractivity contribution in [1.29, 1.82) is 0 Å². The van der Waals surface area contributed by atoms with Crippen LogP contribution < -0.4 is 15.2 Å². The highest BCUT2D eigenvalue weighted by molar-refractivity contribution is 5.46. The molecule has 1 atom stereocenters. The molecule has 4 heteroatoms.